The number of nitrogens with zero attached hydrogens (tertiary/aromatic N) is 1. The smallest absolute Gasteiger partial charge is 0.109 e. The summed E-state index contributed by atoms with van der Waals surface area (Å²) in [4.78, 5) is 7.92. The average Bonchev–Trinajstić information content (AvgIpc) is 2.94. The number of aromatic amines is 1. The average molecular weight is 273 g/mol. The highest BCUT2D eigenvalue weighted by Crippen LogP contribution is 2.26. The number of alkyl halides is 1. The van der Waals surface area contributed by atoms with E-state index in [2.05, 4.69) is 48.1 Å². The van der Waals surface area contributed by atoms with Crippen LogP contribution in [-0.2, 0) is 0 Å². The maximum Gasteiger partial charge on any atom is 0.109 e. The fraction of sp³-hybridized carbons (Fsp3) is 0.471. The molecule has 1 heterocycles. The summed E-state index contributed by atoms with van der Waals surface area (Å²) >= 11 is 0. The van der Waals surface area contributed by atoms with Gasteiger partial charge < -0.3 is 4.98 Å². The quantitative estimate of drug-likeness (QED) is 0.754. The molecule has 0 fully saturated rings. The number of aromatic nitrogens is 2. The number of nitrogens with one attached hydrogen (secondary N) is 1. The Labute approximate surface area is 120 Å². The molecule has 108 valence electrons. The van der Waals surface area contributed by atoms with Crippen molar-refractivity contribution in [3.05, 3.63) is 41.9 Å². The maximum absolute atomic E-state index is 12.4. The third-order valence-electron chi connectivity index (χ3n) is 3.67. The number of aryl methyl sites for hydroxylation is 1. The standard InChI is InChI=1S/C17H23FN2/c1-3-5-15(6-4-11-18)17-19-12-16(20-17)14-9-7-13(2)8-10-14/h7-10,12,15H,3-6,11H2,1-2H3,(H,19,20)/i18-1. The van der Waals surface area contributed by atoms with E-state index in [4.69, 9.17) is 0 Å². The van der Waals surface area contributed by atoms with Crippen molar-refractivity contribution in [2.75, 3.05) is 6.67 Å². The Morgan fingerprint density at radius 2 is 1.95 bits per heavy atom. The van der Waals surface area contributed by atoms with E-state index >= 15 is 0 Å². The van der Waals surface area contributed by atoms with Crippen LogP contribution in [-0.4, -0.2) is 16.6 Å². The monoisotopic (exact) mass is 273 g/mol. The van der Waals surface area contributed by atoms with Crippen molar-refractivity contribution in [2.45, 2.75) is 45.4 Å². The lowest BCUT2D eigenvalue weighted by atomic mass is 9.97. The molecule has 0 aliphatic rings. The Hall–Kier alpha value is -1.64. The predicted octanol–water partition coefficient (Wildman–Crippen LogP) is 5.02. The first-order valence-electron chi connectivity index (χ1n) is 7.42. The SMILES string of the molecule is CCCC(CCC[18F])c1ncc(-c2ccc(C)cc2)[nH]1. The second-order valence-electron chi connectivity index (χ2n) is 5.36. The molecule has 0 aliphatic carbocycles. The van der Waals surface area contributed by atoms with Gasteiger partial charge in [-0.2, -0.15) is 0 Å². The van der Waals surface area contributed by atoms with Gasteiger partial charge in [-0.25, -0.2) is 4.98 Å². The first kappa shape index (κ1) is 14.8. The number of imidazole rings is 1. The molecule has 2 nitrogen and oxygen atoms in total. The zero-order chi connectivity index (χ0) is 14.4. The molecule has 2 aromatic rings. The molecular weight excluding hydrogens is 250 g/mol. The molecular formula is C17H23FN2. The summed E-state index contributed by atoms with van der Waals surface area (Å²) in [5, 5.41) is 0. The molecule has 0 saturated heterocycles. The van der Waals surface area contributed by atoms with Crippen molar-refractivity contribution in [2.24, 2.45) is 0 Å². The van der Waals surface area contributed by atoms with E-state index in [1.54, 1.807) is 0 Å². The molecule has 0 radical (unpaired) electrons. The Morgan fingerprint density at radius 1 is 1.20 bits per heavy atom. The van der Waals surface area contributed by atoms with Crippen LogP contribution in [0.25, 0.3) is 11.3 Å². The number of halogens is 1. The van der Waals surface area contributed by atoms with Crippen LogP contribution in [0.4, 0.5) is 4.39 Å². The van der Waals surface area contributed by atoms with Gasteiger partial charge in [0.25, 0.3) is 0 Å². The van der Waals surface area contributed by atoms with E-state index in [0.29, 0.717) is 12.3 Å². The maximum atomic E-state index is 12.4. The lowest BCUT2D eigenvalue weighted by molar-refractivity contribution is 0.427. The highest BCUT2D eigenvalue weighted by molar-refractivity contribution is 5.58. The number of hydrogen-bond donors (Lipinski definition) is 1. The molecule has 1 aromatic carbocycles. The normalized spacial score (nSPS) is 12.6. The third kappa shape index (κ3) is 3.69. The van der Waals surface area contributed by atoms with Gasteiger partial charge in [-0.1, -0.05) is 43.2 Å². The van der Waals surface area contributed by atoms with Gasteiger partial charge >= 0.3 is 0 Å². The molecule has 0 aliphatic heterocycles. The summed E-state index contributed by atoms with van der Waals surface area (Å²) in [5.41, 5.74) is 3.44. The van der Waals surface area contributed by atoms with Crippen molar-refractivity contribution in [3.63, 3.8) is 0 Å². The van der Waals surface area contributed by atoms with Gasteiger partial charge in [0, 0.05) is 5.92 Å². The van der Waals surface area contributed by atoms with Gasteiger partial charge in [-0.05, 0) is 31.7 Å². The highest BCUT2D eigenvalue weighted by atomic mass is 18.2. The van der Waals surface area contributed by atoms with E-state index in [1.165, 1.54) is 5.56 Å². The van der Waals surface area contributed by atoms with Crippen LogP contribution in [0.5, 0.6) is 0 Å². The van der Waals surface area contributed by atoms with Gasteiger partial charge in [0.1, 0.15) is 5.82 Å². The minimum absolute atomic E-state index is 0.244. The van der Waals surface area contributed by atoms with Gasteiger partial charge in [-0.3, -0.25) is 4.39 Å². The van der Waals surface area contributed by atoms with Gasteiger partial charge in [0.15, 0.2) is 0 Å². The number of benzene rings is 1. The molecule has 0 saturated carbocycles. The summed E-state index contributed by atoms with van der Waals surface area (Å²) in [6.07, 6.45) is 5.52. The fourth-order valence-electron chi connectivity index (χ4n) is 2.51. The summed E-state index contributed by atoms with van der Waals surface area (Å²) in [5.74, 6) is 1.34. The van der Waals surface area contributed by atoms with Crippen LogP contribution in [0, 0.1) is 6.92 Å². The number of hydrogen-bond acceptors (Lipinski definition) is 1. The summed E-state index contributed by atoms with van der Waals surface area (Å²) in [6, 6.07) is 8.40. The summed E-state index contributed by atoms with van der Waals surface area (Å²) in [7, 11) is 0. The van der Waals surface area contributed by atoms with E-state index < -0.39 is 0 Å². The molecule has 1 atom stereocenters. The van der Waals surface area contributed by atoms with Gasteiger partial charge in [-0.15, -0.1) is 0 Å². The molecule has 1 unspecified atom stereocenters. The zero-order valence-electron chi connectivity index (χ0n) is 12.3. The van der Waals surface area contributed by atoms with Crippen molar-refractivity contribution in [3.8, 4) is 11.3 Å². The van der Waals surface area contributed by atoms with Crippen LogP contribution in [0.2, 0.25) is 0 Å². The largest absolute Gasteiger partial charge is 0.342 e. The van der Waals surface area contributed by atoms with Crippen molar-refractivity contribution < 1.29 is 4.39 Å². The zero-order valence-corrected chi connectivity index (χ0v) is 12.3. The molecule has 1 N–H and O–H groups in total. The van der Waals surface area contributed by atoms with Crippen LogP contribution < -0.4 is 0 Å². The third-order valence-corrected chi connectivity index (χ3v) is 3.67. The number of rotatable bonds is 7. The van der Waals surface area contributed by atoms with Crippen molar-refractivity contribution >= 4 is 0 Å². The topological polar surface area (TPSA) is 28.7 Å². The number of H-pyrrole nitrogens is 1. The van der Waals surface area contributed by atoms with E-state index in [1.807, 2.05) is 6.20 Å². The Kier molecular flexibility index (Phi) is 5.33. The van der Waals surface area contributed by atoms with E-state index in [-0.39, 0.29) is 6.67 Å². The van der Waals surface area contributed by atoms with Crippen LogP contribution in [0.3, 0.4) is 0 Å². The minimum Gasteiger partial charge on any atom is -0.342 e. The second kappa shape index (κ2) is 7.22. The predicted molar refractivity (Wildman–Crippen MR) is 81.6 cm³/mol. The Bertz CT molecular complexity index is 516. The van der Waals surface area contributed by atoms with Gasteiger partial charge in [0.2, 0.25) is 0 Å². The molecule has 20 heavy (non-hydrogen) atoms. The Balaban J connectivity index is 2.15. The molecule has 0 bridgehead atoms. The molecule has 0 amide bonds. The van der Waals surface area contributed by atoms with Crippen LogP contribution in [0.1, 0.15) is 49.9 Å². The summed E-state index contributed by atoms with van der Waals surface area (Å²) < 4.78 is 12.4. The lowest BCUT2D eigenvalue weighted by Crippen LogP contribution is -2.01. The first-order valence-corrected chi connectivity index (χ1v) is 7.42. The fourth-order valence-corrected chi connectivity index (χ4v) is 2.51. The lowest BCUT2D eigenvalue weighted by Gasteiger charge is -2.12. The van der Waals surface area contributed by atoms with E-state index in [0.717, 1.165) is 36.3 Å². The van der Waals surface area contributed by atoms with E-state index in [9.17, 15) is 4.39 Å². The van der Waals surface area contributed by atoms with Crippen LogP contribution in [0.15, 0.2) is 30.5 Å². The molecule has 2 rings (SSSR count). The highest BCUT2D eigenvalue weighted by Gasteiger charge is 2.14. The molecule has 0 spiro atoms. The second-order valence-corrected chi connectivity index (χ2v) is 5.36. The summed E-state index contributed by atoms with van der Waals surface area (Å²) in [6.45, 7) is 3.99. The van der Waals surface area contributed by atoms with Crippen molar-refractivity contribution in [1.82, 2.24) is 9.97 Å². The molecule has 1 aromatic heterocycles. The first-order chi connectivity index (χ1) is 9.74. The van der Waals surface area contributed by atoms with Gasteiger partial charge in [0.05, 0.1) is 18.6 Å². The van der Waals surface area contributed by atoms with Crippen molar-refractivity contribution in [1.29, 1.82) is 0 Å². The van der Waals surface area contributed by atoms with Crippen LogP contribution >= 0.6 is 0 Å². The Morgan fingerprint density at radius 3 is 2.60 bits per heavy atom. The minimum atomic E-state index is -0.244. The molecule has 3 heteroatoms.